The van der Waals surface area contributed by atoms with E-state index in [-0.39, 0.29) is 124 Å². The van der Waals surface area contributed by atoms with E-state index in [1.807, 2.05) is 220 Å². The number of Topliss-reactive ketones (excluding diaryl/α,β-unsaturated/α-hetero) is 2. The molecule has 4 amide bonds. The van der Waals surface area contributed by atoms with E-state index in [1.165, 1.54) is 19.5 Å². The largest absolute Gasteiger partial charge is 0.375 e. The van der Waals surface area contributed by atoms with Crippen LogP contribution in [0.25, 0.3) is 0 Å². The monoisotopic (exact) mass is 1710 g/mol. The highest BCUT2D eigenvalue weighted by molar-refractivity contribution is 6.36. The second-order valence-corrected chi connectivity index (χ2v) is 49.1. The molecular formula is C97H192N14O10. The van der Waals surface area contributed by atoms with Crippen molar-refractivity contribution < 1.29 is 28.8 Å². The van der Waals surface area contributed by atoms with Crippen molar-refractivity contribution in [2.75, 3.05) is 143 Å². The highest BCUT2D eigenvalue weighted by atomic mass is 16.2. The van der Waals surface area contributed by atoms with Crippen LogP contribution in [0.15, 0.2) is 19.2 Å². The summed E-state index contributed by atoms with van der Waals surface area (Å²) in [5, 5.41) is 15.0. The molecule has 1 heterocycles. The Bertz CT molecular complexity index is 3480. The summed E-state index contributed by atoms with van der Waals surface area (Å²) < 4.78 is 0. The Morgan fingerprint density at radius 2 is 0.645 bits per heavy atom. The van der Waals surface area contributed by atoms with Crippen molar-refractivity contribution in [1.82, 2.24) is 49.8 Å². The minimum Gasteiger partial charge on any atom is -0.375 e. The third-order valence-corrected chi connectivity index (χ3v) is 18.4. The summed E-state index contributed by atoms with van der Waals surface area (Å²) in [5.74, 6) is -0.772. The third-order valence-electron chi connectivity index (χ3n) is 18.4. The first-order valence-electron chi connectivity index (χ1n) is 44.6. The minimum atomic E-state index is -0.479. The van der Waals surface area contributed by atoms with Crippen LogP contribution < -0.4 is 53.2 Å². The van der Waals surface area contributed by atoms with Gasteiger partial charge in [0.25, 0.3) is 33.5 Å². The van der Waals surface area contributed by atoms with Crippen LogP contribution in [0.3, 0.4) is 0 Å². The molecule has 24 heteroatoms. The Morgan fingerprint density at radius 3 is 0.926 bits per heavy atom. The van der Waals surface area contributed by atoms with Crippen LogP contribution in [0.4, 0.5) is 22.7 Å². The van der Waals surface area contributed by atoms with Gasteiger partial charge in [0.2, 0.25) is 23.4 Å². The molecule has 0 atom stereocenters. The number of hydrogen-bond donors (Lipinski definition) is 5. The molecule has 0 spiro atoms. The van der Waals surface area contributed by atoms with Gasteiger partial charge < -0.3 is 60.9 Å². The summed E-state index contributed by atoms with van der Waals surface area (Å²) >= 11 is 0. The number of carbonyl (C=O) groups excluding carboxylic acids is 6. The minimum absolute atomic E-state index is 0.101. The van der Waals surface area contributed by atoms with Crippen molar-refractivity contribution in [3.05, 3.63) is 40.9 Å². The molecule has 0 saturated carbocycles. The first kappa shape index (κ1) is 122. The standard InChI is InChI=1S/C17H31N3O2.C16H32N2O2.C14H28N2O.C14H30N2O.C13H30N2.C12H20N2O2.C11H21NO2/c1-16(2,3)18-12-13(15(22)14(12)21)20(17(4,5)6)11-9-10-19(7)8;1-15(2,3)12-13(19)14(20)18(16(4,5)6)11-9-10-17(7)8;1-13(2,3)15-12(17)11-7-9-16(10-8-11)14(4,5)6;1-13(2,3)12(17)16(14(4,5)6)11-9-10-15(7)8;1-12(2,3)15(13(4,5)6)11-9-10-14(7)8;1-11(2,3)13-7-8(10(16)9(7)15)14-12(4,5)6;1-10(2,3)7-8(13)9(14)12-11(4,5)6/h18H,9-11H2,1-8H3;9-12H2,1-8H3;11H,7-10H2,1-6H3,(H,15,17);9-11H2,1-8H3;9-11H2,1-8H3;13-14H,1-6H3;7H2,1-6H3,(H,12,14). The fourth-order valence-electron chi connectivity index (χ4n) is 13.0. The fraction of sp³-hybridized carbons (Fsp3) is 0.856. The average molecular weight is 1710 g/mol. The van der Waals surface area contributed by atoms with Crippen LogP contribution in [0.5, 0.6) is 0 Å². The summed E-state index contributed by atoms with van der Waals surface area (Å²) in [7, 11) is 16.5. The molecular weight excluding hydrogens is 1520 g/mol. The number of ketones is 2. The number of hydrogen-bond acceptors (Lipinski definition) is 20. The topological polar surface area (TPSA) is 260 Å². The third kappa shape index (κ3) is 55.4. The van der Waals surface area contributed by atoms with E-state index in [2.05, 4.69) is 193 Å². The normalized spacial score (nSPS) is 14.0. The molecule has 0 radical (unpaired) electrons. The predicted octanol–water partition coefficient (Wildman–Crippen LogP) is 16.1. The van der Waals surface area contributed by atoms with Gasteiger partial charge in [-0.3, -0.25) is 57.7 Å². The summed E-state index contributed by atoms with van der Waals surface area (Å²) in [5.41, 5.74) is -1.42. The van der Waals surface area contributed by atoms with Gasteiger partial charge in [0.05, 0.1) is 0 Å². The molecule has 1 fully saturated rings. The number of amides is 4. The molecule has 2 aromatic carbocycles. The Kier molecular flexibility index (Phi) is 49.1. The number of nitrogens with zero attached hydrogens (tertiary/aromatic N) is 9. The van der Waals surface area contributed by atoms with E-state index in [0.29, 0.717) is 35.7 Å². The zero-order chi connectivity index (χ0) is 97.1. The first-order valence-corrected chi connectivity index (χ1v) is 44.6. The molecule has 0 aliphatic carbocycles. The van der Waals surface area contributed by atoms with Crippen LogP contribution in [-0.2, 0) is 28.8 Å². The van der Waals surface area contributed by atoms with E-state index in [0.717, 1.165) is 77.9 Å². The molecule has 1 aliphatic heterocycles. The van der Waals surface area contributed by atoms with Crippen molar-refractivity contribution in [2.24, 2.45) is 22.2 Å². The lowest BCUT2D eigenvalue weighted by Crippen LogP contribution is -2.53. The lowest BCUT2D eigenvalue weighted by atomic mass is 9.89. The average Bonchev–Trinajstić information content (AvgIpc) is 0.749. The number of anilines is 4. The molecule has 0 bridgehead atoms. The van der Waals surface area contributed by atoms with E-state index in [4.69, 9.17) is 0 Å². The Morgan fingerprint density at radius 1 is 0.339 bits per heavy atom. The number of rotatable bonds is 25. The summed E-state index contributed by atoms with van der Waals surface area (Å²) in [6, 6.07) is 0. The quantitative estimate of drug-likeness (QED) is 0.0579. The molecule has 710 valence electrons. The van der Waals surface area contributed by atoms with Crippen LogP contribution in [0.2, 0.25) is 0 Å². The van der Waals surface area contributed by atoms with Crippen molar-refractivity contribution in [1.29, 1.82) is 0 Å². The Labute approximate surface area is 741 Å². The molecule has 121 heavy (non-hydrogen) atoms. The highest BCUT2D eigenvalue weighted by Crippen LogP contribution is 2.32. The summed E-state index contributed by atoms with van der Waals surface area (Å²) in [6.07, 6.45) is 6.63. The second kappa shape index (κ2) is 48.9. The fourth-order valence-corrected chi connectivity index (χ4v) is 13.0. The number of nitrogens with one attached hydrogen (secondary N) is 5. The highest BCUT2D eigenvalue weighted by Gasteiger charge is 2.39. The lowest BCUT2D eigenvalue weighted by Gasteiger charge is -2.45. The van der Waals surface area contributed by atoms with Crippen molar-refractivity contribution >= 4 is 57.9 Å². The second-order valence-electron chi connectivity index (χ2n) is 49.1. The molecule has 0 unspecified atom stereocenters. The lowest BCUT2D eigenvalue weighted by molar-refractivity contribution is -0.149. The molecule has 3 rings (SSSR count). The Balaban J connectivity index is -0.000000663. The smallest absolute Gasteiger partial charge is 0.290 e. The van der Waals surface area contributed by atoms with E-state index in [9.17, 15) is 47.9 Å². The zero-order valence-corrected chi connectivity index (χ0v) is 87.9. The van der Waals surface area contributed by atoms with Crippen LogP contribution >= 0.6 is 0 Å². The predicted molar refractivity (Wildman–Crippen MR) is 519 cm³/mol. The van der Waals surface area contributed by atoms with Crippen molar-refractivity contribution in [3.63, 3.8) is 0 Å². The molecule has 0 aromatic heterocycles. The molecule has 24 nitrogen and oxygen atoms in total. The summed E-state index contributed by atoms with van der Waals surface area (Å²) in [6.45, 7) is 95.5. The maximum Gasteiger partial charge on any atom is 0.290 e. The van der Waals surface area contributed by atoms with Gasteiger partial charge in [0, 0.05) is 111 Å². The van der Waals surface area contributed by atoms with Gasteiger partial charge in [-0.15, -0.1) is 0 Å². The maximum absolute atomic E-state index is 12.4. The van der Waals surface area contributed by atoms with Crippen LogP contribution in [0, 0.1) is 22.2 Å². The molecule has 5 N–H and O–H groups in total. The number of carbonyl (C=O) groups is 6. The maximum atomic E-state index is 12.4. The van der Waals surface area contributed by atoms with Crippen LogP contribution in [-0.4, -0.2) is 257 Å². The van der Waals surface area contributed by atoms with Gasteiger partial charge in [-0.2, -0.15) is 0 Å². The molecule has 1 saturated heterocycles. The molecule has 2 aromatic rings. The Hall–Kier alpha value is -5.66. The van der Waals surface area contributed by atoms with E-state index < -0.39 is 22.2 Å². The first-order chi connectivity index (χ1) is 53.3. The SMILES string of the molecule is CC(C)(C)CC(=O)C(=O)NC(C)(C)C.CC(C)(C)NC(=O)C1CCN(C(C)(C)C)CC1.CC(C)(C)Nc1c(NC(C)(C)C)c(=O)c1=O.CN(C)CCCN(C(=O)C(=O)CC(C)(C)C)C(C)(C)C.CN(C)CCCN(C(=O)C(C)(C)C)C(C)(C)C.CN(C)CCCN(C(C)(C)C)C(C)(C)C.CN(C)CCCN(c1c(NC(C)(C)C)c(=O)c1=O)C(C)(C)C. The zero-order valence-electron chi connectivity index (χ0n) is 87.9. The summed E-state index contributed by atoms with van der Waals surface area (Å²) in [4.78, 5) is 138. The van der Waals surface area contributed by atoms with E-state index >= 15 is 0 Å². The van der Waals surface area contributed by atoms with Gasteiger partial charge in [0.15, 0.2) is 0 Å². The number of likely N-dealkylation sites (tertiary alicyclic amines) is 1. The van der Waals surface area contributed by atoms with Gasteiger partial charge in [0.1, 0.15) is 22.7 Å². The number of piperidine rings is 1. The van der Waals surface area contributed by atoms with Gasteiger partial charge in [-0.25, -0.2) is 0 Å². The van der Waals surface area contributed by atoms with Gasteiger partial charge in [-0.05, 0) is 373 Å². The van der Waals surface area contributed by atoms with Crippen molar-refractivity contribution in [2.45, 2.75) is 403 Å². The van der Waals surface area contributed by atoms with Gasteiger partial charge in [-0.1, -0.05) is 62.3 Å². The molecule has 1 aliphatic rings. The van der Waals surface area contributed by atoms with Gasteiger partial charge >= 0.3 is 0 Å². The van der Waals surface area contributed by atoms with Crippen LogP contribution in [0.1, 0.15) is 342 Å². The van der Waals surface area contributed by atoms with E-state index in [1.54, 1.807) is 4.90 Å². The van der Waals surface area contributed by atoms with Crippen molar-refractivity contribution in [3.8, 4) is 0 Å².